The van der Waals surface area contributed by atoms with Gasteiger partial charge in [-0.25, -0.2) is 0 Å². The average molecular weight is 185 g/mol. The summed E-state index contributed by atoms with van der Waals surface area (Å²) in [5, 5.41) is 2.78. The molecular formula is C9H15NO3. The van der Waals surface area contributed by atoms with Gasteiger partial charge in [0.15, 0.2) is 6.23 Å². The quantitative estimate of drug-likeness (QED) is 0.631. The van der Waals surface area contributed by atoms with Gasteiger partial charge in [-0.2, -0.15) is 0 Å². The maximum Gasteiger partial charge on any atom is 0.248 e. The molecule has 1 N–H and O–H groups in total. The molecule has 2 heterocycles. The molecule has 0 bridgehead atoms. The van der Waals surface area contributed by atoms with Crippen LogP contribution in [0.25, 0.3) is 0 Å². The fraction of sp³-hybridized carbons (Fsp3) is 0.889. The summed E-state index contributed by atoms with van der Waals surface area (Å²) in [5.41, 5.74) is 0. The zero-order valence-corrected chi connectivity index (χ0v) is 7.95. The van der Waals surface area contributed by atoms with E-state index in [0.717, 1.165) is 0 Å². The van der Waals surface area contributed by atoms with Gasteiger partial charge in [-0.1, -0.05) is 13.8 Å². The summed E-state index contributed by atoms with van der Waals surface area (Å²) in [6.07, 6.45) is -0.161. The lowest BCUT2D eigenvalue weighted by atomic mass is 9.91. The third-order valence-electron chi connectivity index (χ3n) is 2.76. The minimum Gasteiger partial charge on any atom is -0.363 e. The molecule has 2 aliphatic rings. The third-order valence-corrected chi connectivity index (χ3v) is 2.76. The van der Waals surface area contributed by atoms with Crippen molar-refractivity contribution in [1.29, 1.82) is 0 Å². The zero-order valence-electron chi connectivity index (χ0n) is 7.95. The van der Waals surface area contributed by atoms with E-state index in [4.69, 9.17) is 9.47 Å². The highest BCUT2D eigenvalue weighted by molar-refractivity contribution is 5.78. The van der Waals surface area contributed by atoms with E-state index in [2.05, 4.69) is 19.2 Å². The number of fused-ring (bicyclic) bond motifs is 1. The lowest BCUT2D eigenvalue weighted by Crippen LogP contribution is -2.51. The van der Waals surface area contributed by atoms with Gasteiger partial charge in [-0.15, -0.1) is 0 Å². The van der Waals surface area contributed by atoms with Crippen LogP contribution in [0.1, 0.15) is 13.8 Å². The molecule has 4 heteroatoms. The predicted octanol–water partition coefficient (Wildman–Crippen LogP) is 0.130. The Hall–Kier alpha value is -0.610. The van der Waals surface area contributed by atoms with Crippen molar-refractivity contribution in [1.82, 2.24) is 5.32 Å². The van der Waals surface area contributed by atoms with Crippen molar-refractivity contribution in [2.75, 3.05) is 13.2 Å². The lowest BCUT2D eigenvalue weighted by Gasteiger charge is -2.29. The lowest BCUT2D eigenvalue weighted by molar-refractivity contribution is -0.146. The summed E-state index contributed by atoms with van der Waals surface area (Å²) in [6, 6.07) is 0. The number of nitrogens with one attached hydrogen (secondary N) is 1. The van der Waals surface area contributed by atoms with Gasteiger partial charge in [0, 0.05) is 5.92 Å². The summed E-state index contributed by atoms with van der Waals surface area (Å²) in [6.45, 7) is 5.16. The minimum absolute atomic E-state index is 0.0534. The molecule has 2 aliphatic heterocycles. The van der Waals surface area contributed by atoms with Crippen LogP contribution in [0.3, 0.4) is 0 Å². The Morgan fingerprint density at radius 2 is 2.23 bits per heavy atom. The van der Waals surface area contributed by atoms with E-state index in [0.29, 0.717) is 18.4 Å². The number of hydrogen-bond donors (Lipinski definition) is 1. The average Bonchev–Trinajstić information content (AvgIpc) is 2.46. The van der Waals surface area contributed by atoms with E-state index < -0.39 is 0 Å². The summed E-state index contributed by atoms with van der Waals surface area (Å²) in [4.78, 5) is 11.0. The van der Waals surface area contributed by atoms with Gasteiger partial charge < -0.3 is 14.8 Å². The number of carbonyl (C=O) groups excluding carboxylic acids is 1. The second-order valence-electron chi connectivity index (χ2n) is 4.00. The second kappa shape index (κ2) is 3.27. The van der Waals surface area contributed by atoms with Gasteiger partial charge in [0.25, 0.3) is 0 Å². The molecule has 2 fully saturated rings. The van der Waals surface area contributed by atoms with Crippen LogP contribution in [0.4, 0.5) is 0 Å². The van der Waals surface area contributed by atoms with E-state index in [1.165, 1.54) is 0 Å². The molecule has 13 heavy (non-hydrogen) atoms. The smallest absolute Gasteiger partial charge is 0.248 e. The van der Waals surface area contributed by atoms with Crippen LogP contribution in [-0.4, -0.2) is 31.5 Å². The van der Waals surface area contributed by atoms with Crippen molar-refractivity contribution in [3.63, 3.8) is 0 Å². The molecule has 74 valence electrons. The van der Waals surface area contributed by atoms with E-state index in [9.17, 15) is 4.79 Å². The van der Waals surface area contributed by atoms with Crippen LogP contribution in [-0.2, 0) is 14.3 Å². The number of amides is 1. The first-order valence-corrected chi connectivity index (χ1v) is 4.71. The molecule has 0 aromatic rings. The topological polar surface area (TPSA) is 47.6 Å². The molecule has 0 aromatic heterocycles. The summed E-state index contributed by atoms with van der Waals surface area (Å²) in [7, 11) is 0. The first-order chi connectivity index (χ1) is 6.18. The van der Waals surface area contributed by atoms with Crippen LogP contribution in [0.5, 0.6) is 0 Å². The highest BCUT2D eigenvalue weighted by Crippen LogP contribution is 2.29. The number of morpholine rings is 1. The third kappa shape index (κ3) is 1.56. The van der Waals surface area contributed by atoms with Gasteiger partial charge in [0.2, 0.25) is 5.91 Å². The summed E-state index contributed by atoms with van der Waals surface area (Å²) < 4.78 is 10.9. The van der Waals surface area contributed by atoms with Gasteiger partial charge in [-0.05, 0) is 5.92 Å². The molecule has 4 nitrogen and oxygen atoms in total. The number of carbonyl (C=O) groups is 1. The molecule has 1 amide bonds. The Balaban J connectivity index is 2.04. The van der Waals surface area contributed by atoms with Crippen molar-refractivity contribution in [3.8, 4) is 0 Å². The van der Waals surface area contributed by atoms with Crippen molar-refractivity contribution in [2.45, 2.75) is 26.2 Å². The first kappa shape index (κ1) is 8.97. The fourth-order valence-electron chi connectivity index (χ4n) is 1.91. The molecule has 2 saturated heterocycles. The van der Waals surface area contributed by atoms with Gasteiger partial charge in [-0.3, -0.25) is 4.79 Å². The van der Waals surface area contributed by atoms with E-state index in [1.54, 1.807) is 0 Å². The van der Waals surface area contributed by atoms with Crippen LogP contribution >= 0.6 is 0 Å². The Kier molecular flexibility index (Phi) is 2.26. The van der Waals surface area contributed by atoms with Crippen molar-refractivity contribution < 1.29 is 14.3 Å². The molecule has 0 spiro atoms. The number of hydrogen-bond acceptors (Lipinski definition) is 3. The van der Waals surface area contributed by atoms with Crippen LogP contribution in [0.2, 0.25) is 0 Å². The Morgan fingerprint density at radius 3 is 2.92 bits per heavy atom. The molecule has 0 aromatic carbocycles. The Morgan fingerprint density at radius 1 is 1.46 bits per heavy atom. The molecule has 3 atom stereocenters. The van der Waals surface area contributed by atoms with E-state index in [-0.39, 0.29) is 24.8 Å². The van der Waals surface area contributed by atoms with Gasteiger partial charge >= 0.3 is 0 Å². The van der Waals surface area contributed by atoms with Gasteiger partial charge in [0.05, 0.1) is 6.61 Å². The molecule has 0 radical (unpaired) electrons. The van der Waals surface area contributed by atoms with Crippen LogP contribution < -0.4 is 5.32 Å². The van der Waals surface area contributed by atoms with Crippen LogP contribution in [0.15, 0.2) is 0 Å². The molecule has 1 unspecified atom stereocenters. The predicted molar refractivity (Wildman–Crippen MR) is 46.0 cm³/mol. The summed E-state index contributed by atoms with van der Waals surface area (Å²) >= 11 is 0. The SMILES string of the molecule is CC(C)C1CO[C@@H]2NC(=O)CO[C@H]12. The Bertz CT molecular complexity index is 217. The molecular weight excluding hydrogens is 170 g/mol. The molecule has 2 rings (SSSR count). The van der Waals surface area contributed by atoms with Crippen molar-refractivity contribution in [2.24, 2.45) is 11.8 Å². The van der Waals surface area contributed by atoms with Crippen molar-refractivity contribution >= 4 is 5.91 Å². The fourth-order valence-corrected chi connectivity index (χ4v) is 1.91. The van der Waals surface area contributed by atoms with Gasteiger partial charge in [0.1, 0.15) is 12.7 Å². The summed E-state index contributed by atoms with van der Waals surface area (Å²) in [5.74, 6) is 0.862. The largest absolute Gasteiger partial charge is 0.363 e. The minimum atomic E-state index is -0.214. The number of rotatable bonds is 1. The monoisotopic (exact) mass is 185 g/mol. The molecule has 0 aliphatic carbocycles. The van der Waals surface area contributed by atoms with E-state index >= 15 is 0 Å². The van der Waals surface area contributed by atoms with E-state index in [1.807, 2.05) is 0 Å². The standard InChI is InChI=1S/C9H15NO3/c1-5(2)6-3-13-9-8(6)12-4-7(11)10-9/h5-6,8-9H,3-4H2,1-2H3,(H,10,11)/t6?,8-,9+/m1/s1. The normalized spacial score (nSPS) is 39.0. The van der Waals surface area contributed by atoms with Crippen molar-refractivity contribution in [3.05, 3.63) is 0 Å². The maximum absolute atomic E-state index is 11.0. The Labute approximate surface area is 77.6 Å². The maximum atomic E-state index is 11.0. The highest BCUT2D eigenvalue weighted by atomic mass is 16.6. The highest BCUT2D eigenvalue weighted by Gasteiger charge is 2.43. The molecule has 0 saturated carbocycles. The number of ether oxygens (including phenoxy) is 2. The first-order valence-electron chi connectivity index (χ1n) is 4.71. The zero-order chi connectivity index (χ0) is 9.42. The van der Waals surface area contributed by atoms with Crippen LogP contribution in [0, 0.1) is 11.8 Å². The second-order valence-corrected chi connectivity index (χ2v) is 4.00.